The molecule has 5 heteroatoms. The minimum absolute atomic E-state index is 0.0551. The molecule has 3 nitrogen and oxygen atoms in total. The molecule has 1 unspecified atom stereocenters. The average Bonchev–Trinajstić information content (AvgIpc) is 2.38. The van der Waals surface area contributed by atoms with E-state index in [9.17, 15) is 18.7 Å². The molecule has 0 radical (unpaired) electrons. The molecule has 1 heterocycles. The minimum atomic E-state index is -1.07. The number of likely N-dealkylation sites (tertiary alicyclic amines) is 1. The maximum absolute atomic E-state index is 13.7. The lowest BCUT2D eigenvalue weighted by atomic mass is 9.97. The molecular weight excluding hydrogens is 252 g/mol. The number of rotatable bonds is 4. The fourth-order valence-corrected chi connectivity index (χ4v) is 2.49. The first-order valence-corrected chi connectivity index (χ1v) is 6.48. The summed E-state index contributed by atoms with van der Waals surface area (Å²) in [6.45, 7) is 1.96. The maximum Gasteiger partial charge on any atom is 0.312 e. The number of aliphatic carboxylic acids is 1. The van der Waals surface area contributed by atoms with Gasteiger partial charge in [-0.2, -0.15) is 0 Å². The SMILES string of the molecule is O=C(O)C(CN1CCCCC1)c1ccc(F)cc1F. The molecule has 19 heavy (non-hydrogen) atoms. The van der Waals surface area contributed by atoms with Crippen LogP contribution in [0.2, 0.25) is 0 Å². The normalized spacial score (nSPS) is 18.2. The highest BCUT2D eigenvalue weighted by Gasteiger charge is 2.26. The molecule has 0 spiro atoms. The Labute approximate surface area is 110 Å². The number of carboxylic acids is 1. The third-order valence-corrected chi connectivity index (χ3v) is 3.53. The molecule has 2 rings (SSSR count). The Bertz CT molecular complexity index is 459. The first kappa shape index (κ1) is 13.9. The van der Waals surface area contributed by atoms with Gasteiger partial charge in [0, 0.05) is 18.2 Å². The molecule has 1 saturated heterocycles. The summed E-state index contributed by atoms with van der Waals surface area (Å²) in [4.78, 5) is 13.4. The molecule has 0 amide bonds. The molecule has 0 aromatic heterocycles. The molecule has 1 N–H and O–H groups in total. The number of carboxylic acid groups (broad SMARTS) is 1. The van der Waals surface area contributed by atoms with Crippen LogP contribution in [0.15, 0.2) is 18.2 Å². The number of carbonyl (C=O) groups is 1. The van der Waals surface area contributed by atoms with Crippen molar-refractivity contribution < 1.29 is 18.7 Å². The Morgan fingerprint density at radius 1 is 1.26 bits per heavy atom. The predicted octanol–water partition coefficient (Wildman–Crippen LogP) is 2.62. The van der Waals surface area contributed by atoms with Crippen molar-refractivity contribution in [3.05, 3.63) is 35.4 Å². The topological polar surface area (TPSA) is 40.5 Å². The monoisotopic (exact) mass is 269 g/mol. The fourth-order valence-electron chi connectivity index (χ4n) is 2.49. The van der Waals surface area contributed by atoms with Gasteiger partial charge in [-0.3, -0.25) is 4.79 Å². The number of hydrogen-bond acceptors (Lipinski definition) is 2. The molecule has 1 aromatic rings. The molecule has 1 fully saturated rings. The quantitative estimate of drug-likeness (QED) is 0.913. The van der Waals surface area contributed by atoms with Crippen molar-refractivity contribution in [3.63, 3.8) is 0 Å². The van der Waals surface area contributed by atoms with E-state index in [1.165, 1.54) is 6.07 Å². The summed E-state index contributed by atoms with van der Waals surface area (Å²) < 4.78 is 26.6. The van der Waals surface area contributed by atoms with Crippen molar-refractivity contribution in [1.82, 2.24) is 4.90 Å². The number of nitrogens with zero attached hydrogens (tertiary/aromatic N) is 1. The second kappa shape index (κ2) is 6.10. The van der Waals surface area contributed by atoms with E-state index in [0.717, 1.165) is 44.5 Å². The van der Waals surface area contributed by atoms with Crippen LogP contribution in [0.25, 0.3) is 0 Å². The number of hydrogen-bond donors (Lipinski definition) is 1. The zero-order chi connectivity index (χ0) is 13.8. The van der Waals surface area contributed by atoms with Crippen LogP contribution in [0, 0.1) is 11.6 Å². The first-order valence-electron chi connectivity index (χ1n) is 6.48. The zero-order valence-corrected chi connectivity index (χ0v) is 10.6. The summed E-state index contributed by atoms with van der Waals surface area (Å²) in [7, 11) is 0. The Morgan fingerprint density at radius 3 is 2.53 bits per heavy atom. The van der Waals surface area contributed by atoms with E-state index in [1.54, 1.807) is 0 Å². The van der Waals surface area contributed by atoms with Crippen LogP contribution < -0.4 is 0 Å². The van der Waals surface area contributed by atoms with Crippen LogP contribution in [0.5, 0.6) is 0 Å². The molecular formula is C14H17F2NO2. The molecule has 0 saturated carbocycles. The summed E-state index contributed by atoms with van der Waals surface area (Å²) in [5.41, 5.74) is 0.0551. The number of halogens is 2. The Hall–Kier alpha value is -1.49. The highest BCUT2D eigenvalue weighted by atomic mass is 19.1. The van der Waals surface area contributed by atoms with Gasteiger partial charge in [0.2, 0.25) is 0 Å². The standard InChI is InChI=1S/C14H17F2NO2/c15-10-4-5-11(13(16)8-10)12(14(18)19)9-17-6-2-1-3-7-17/h4-5,8,12H,1-3,6-7,9H2,(H,18,19). The van der Waals surface area contributed by atoms with E-state index in [-0.39, 0.29) is 12.1 Å². The van der Waals surface area contributed by atoms with Crippen LogP contribution in [0.4, 0.5) is 8.78 Å². The summed E-state index contributed by atoms with van der Waals surface area (Å²) in [5, 5.41) is 9.26. The van der Waals surface area contributed by atoms with Crippen LogP contribution >= 0.6 is 0 Å². The van der Waals surface area contributed by atoms with Gasteiger partial charge in [-0.1, -0.05) is 12.5 Å². The molecule has 0 aliphatic carbocycles. The Balaban J connectivity index is 2.17. The summed E-state index contributed by atoms with van der Waals surface area (Å²) in [6, 6.07) is 3.07. The molecule has 104 valence electrons. The van der Waals surface area contributed by atoms with Gasteiger partial charge in [0.25, 0.3) is 0 Å². The van der Waals surface area contributed by atoms with Gasteiger partial charge in [0.1, 0.15) is 11.6 Å². The van der Waals surface area contributed by atoms with E-state index < -0.39 is 23.5 Å². The predicted molar refractivity (Wildman–Crippen MR) is 67.0 cm³/mol. The lowest BCUT2D eigenvalue weighted by Gasteiger charge is -2.29. The molecule has 1 aliphatic heterocycles. The van der Waals surface area contributed by atoms with Crippen LogP contribution in [0.3, 0.4) is 0 Å². The van der Waals surface area contributed by atoms with Gasteiger partial charge in [0.05, 0.1) is 5.92 Å². The zero-order valence-electron chi connectivity index (χ0n) is 10.6. The number of piperidine rings is 1. The van der Waals surface area contributed by atoms with E-state index >= 15 is 0 Å². The van der Waals surface area contributed by atoms with Crippen molar-refractivity contribution in [2.45, 2.75) is 25.2 Å². The third kappa shape index (κ3) is 3.50. The smallest absolute Gasteiger partial charge is 0.312 e. The van der Waals surface area contributed by atoms with Crippen molar-refractivity contribution in [1.29, 1.82) is 0 Å². The Morgan fingerprint density at radius 2 is 1.95 bits per heavy atom. The lowest BCUT2D eigenvalue weighted by Crippen LogP contribution is -2.36. The number of benzene rings is 1. The van der Waals surface area contributed by atoms with Crippen LogP contribution in [-0.4, -0.2) is 35.6 Å². The van der Waals surface area contributed by atoms with Gasteiger partial charge in [-0.05, 0) is 32.0 Å². The summed E-state index contributed by atoms with van der Waals surface area (Å²) in [5.74, 6) is -3.50. The van der Waals surface area contributed by atoms with E-state index in [4.69, 9.17) is 0 Å². The summed E-state index contributed by atoms with van der Waals surface area (Å²) >= 11 is 0. The largest absolute Gasteiger partial charge is 0.481 e. The van der Waals surface area contributed by atoms with Gasteiger partial charge >= 0.3 is 5.97 Å². The Kier molecular flexibility index (Phi) is 4.47. The van der Waals surface area contributed by atoms with Gasteiger partial charge in [-0.15, -0.1) is 0 Å². The van der Waals surface area contributed by atoms with E-state index in [1.807, 2.05) is 4.90 Å². The lowest BCUT2D eigenvalue weighted by molar-refractivity contribution is -0.139. The second-order valence-corrected chi connectivity index (χ2v) is 4.92. The highest BCUT2D eigenvalue weighted by molar-refractivity contribution is 5.76. The second-order valence-electron chi connectivity index (χ2n) is 4.92. The van der Waals surface area contributed by atoms with E-state index in [0.29, 0.717) is 0 Å². The minimum Gasteiger partial charge on any atom is -0.481 e. The van der Waals surface area contributed by atoms with E-state index in [2.05, 4.69) is 0 Å². The van der Waals surface area contributed by atoms with Crippen LogP contribution in [-0.2, 0) is 4.79 Å². The maximum atomic E-state index is 13.7. The highest BCUT2D eigenvalue weighted by Crippen LogP contribution is 2.23. The molecule has 1 aliphatic rings. The van der Waals surface area contributed by atoms with Gasteiger partial charge < -0.3 is 10.0 Å². The van der Waals surface area contributed by atoms with Crippen molar-refractivity contribution in [2.75, 3.05) is 19.6 Å². The van der Waals surface area contributed by atoms with Gasteiger partial charge in [-0.25, -0.2) is 8.78 Å². The molecule has 1 atom stereocenters. The van der Waals surface area contributed by atoms with Crippen LogP contribution in [0.1, 0.15) is 30.7 Å². The molecule has 1 aromatic carbocycles. The first-order chi connectivity index (χ1) is 9.08. The van der Waals surface area contributed by atoms with Crippen molar-refractivity contribution in [2.24, 2.45) is 0 Å². The van der Waals surface area contributed by atoms with Crippen molar-refractivity contribution in [3.8, 4) is 0 Å². The third-order valence-electron chi connectivity index (χ3n) is 3.53. The van der Waals surface area contributed by atoms with Crippen molar-refractivity contribution >= 4 is 5.97 Å². The average molecular weight is 269 g/mol. The fraction of sp³-hybridized carbons (Fsp3) is 0.500. The summed E-state index contributed by atoms with van der Waals surface area (Å²) in [6.07, 6.45) is 3.23. The van der Waals surface area contributed by atoms with Gasteiger partial charge in [0.15, 0.2) is 0 Å². The molecule has 0 bridgehead atoms.